The molecule has 0 radical (unpaired) electrons. The quantitative estimate of drug-likeness (QED) is 0.900. The lowest BCUT2D eigenvalue weighted by Gasteiger charge is -2.35. The lowest BCUT2D eigenvalue weighted by molar-refractivity contribution is -0.141. The van der Waals surface area contributed by atoms with Gasteiger partial charge in [-0.2, -0.15) is 0 Å². The largest absolute Gasteiger partial charge is 0.375 e. The van der Waals surface area contributed by atoms with E-state index in [1.807, 2.05) is 13.8 Å². The van der Waals surface area contributed by atoms with Gasteiger partial charge in [0.15, 0.2) is 0 Å². The standard InChI is InChI=1S/C17H24ClN3O3/c1-11-9-21(10-12(2)24-11)16(22)8-19-15-7-13(5-6-14(15)18)17(23)20(3)4/h5-7,11-12,19H,8-10H2,1-4H3. The van der Waals surface area contributed by atoms with Crippen molar-refractivity contribution in [3.8, 4) is 0 Å². The minimum atomic E-state index is -0.114. The fraction of sp³-hybridized carbons (Fsp3) is 0.529. The third-order valence-corrected chi connectivity index (χ3v) is 4.15. The van der Waals surface area contributed by atoms with E-state index in [-0.39, 0.29) is 30.6 Å². The van der Waals surface area contributed by atoms with Crippen LogP contribution in [0.5, 0.6) is 0 Å². The predicted molar refractivity (Wildman–Crippen MR) is 94.5 cm³/mol. The van der Waals surface area contributed by atoms with E-state index < -0.39 is 0 Å². The molecule has 7 heteroatoms. The molecule has 2 atom stereocenters. The SMILES string of the molecule is CC1CN(C(=O)CNc2cc(C(=O)N(C)C)ccc2Cl)CC(C)O1. The average molecular weight is 354 g/mol. The lowest BCUT2D eigenvalue weighted by Crippen LogP contribution is -2.49. The summed E-state index contributed by atoms with van der Waals surface area (Å²) in [6, 6.07) is 5.00. The lowest BCUT2D eigenvalue weighted by atomic mass is 10.1. The number of carbonyl (C=O) groups excluding carboxylic acids is 2. The maximum absolute atomic E-state index is 12.4. The number of benzene rings is 1. The first kappa shape index (κ1) is 18.5. The van der Waals surface area contributed by atoms with Crippen molar-refractivity contribution in [2.24, 2.45) is 0 Å². The van der Waals surface area contributed by atoms with Gasteiger partial charge in [-0.25, -0.2) is 0 Å². The van der Waals surface area contributed by atoms with Crippen molar-refractivity contribution in [2.75, 3.05) is 39.0 Å². The number of nitrogens with zero attached hydrogens (tertiary/aromatic N) is 2. The van der Waals surface area contributed by atoms with Gasteiger partial charge in [0.1, 0.15) is 0 Å². The first-order chi connectivity index (χ1) is 11.3. The van der Waals surface area contributed by atoms with E-state index in [2.05, 4.69) is 5.32 Å². The normalized spacial score (nSPS) is 20.6. The summed E-state index contributed by atoms with van der Waals surface area (Å²) >= 11 is 6.16. The highest BCUT2D eigenvalue weighted by molar-refractivity contribution is 6.33. The van der Waals surface area contributed by atoms with Crippen LogP contribution < -0.4 is 5.32 Å². The second kappa shape index (κ2) is 7.85. The highest BCUT2D eigenvalue weighted by Crippen LogP contribution is 2.23. The number of ether oxygens (including phenoxy) is 1. The van der Waals surface area contributed by atoms with Gasteiger partial charge in [-0.1, -0.05) is 11.6 Å². The topological polar surface area (TPSA) is 61.9 Å². The maximum Gasteiger partial charge on any atom is 0.253 e. The van der Waals surface area contributed by atoms with Crippen molar-refractivity contribution in [3.05, 3.63) is 28.8 Å². The number of nitrogens with one attached hydrogen (secondary N) is 1. The number of amides is 2. The Morgan fingerprint density at radius 2 is 1.92 bits per heavy atom. The number of carbonyl (C=O) groups is 2. The Labute approximate surface area is 147 Å². The molecule has 2 rings (SSSR count). The van der Waals surface area contributed by atoms with Crippen LogP contribution in [0.15, 0.2) is 18.2 Å². The minimum Gasteiger partial charge on any atom is -0.375 e. The molecule has 24 heavy (non-hydrogen) atoms. The number of hydrogen-bond acceptors (Lipinski definition) is 4. The minimum absolute atomic E-state index is 0.0163. The molecule has 1 aromatic rings. The van der Waals surface area contributed by atoms with Crippen LogP contribution in [0.1, 0.15) is 24.2 Å². The van der Waals surface area contributed by atoms with Crippen LogP contribution in [0, 0.1) is 0 Å². The van der Waals surface area contributed by atoms with E-state index >= 15 is 0 Å². The molecule has 0 saturated carbocycles. The second-order valence-electron chi connectivity index (χ2n) is 6.30. The van der Waals surface area contributed by atoms with E-state index in [0.717, 1.165) is 0 Å². The molecular weight excluding hydrogens is 330 g/mol. The van der Waals surface area contributed by atoms with Crippen molar-refractivity contribution >= 4 is 29.1 Å². The van der Waals surface area contributed by atoms with Gasteiger partial charge >= 0.3 is 0 Å². The number of morpholine rings is 1. The molecule has 0 spiro atoms. The summed E-state index contributed by atoms with van der Waals surface area (Å²) in [6.07, 6.45) is 0.0599. The van der Waals surface area contributed by atoms with Gasteiger partial charge in [-0.05, 0) is 32.0 Å². The van der Waals surface area contributed by atoms with E-state index in [1.54, 1.807) is 37.2 Å². The fourth-order valence-electron chi connectivity index (χ4n) is 2.72. The molecule has 1 fully saturated rings. The van der Waals surface area contributed by atoms with Gasteiger partial charge in [-0.15, -0.1) is 0 Å². The van der Waals surface area contributed by atoms with Crippen LogP contribution in [0.2, 0.25) is 5.02 Å². The molecule has 1 saturated heterocycles. The van der Waals surface area contributed by atoms with Crippen LogP contribution in [-0.4, -0.2) is 67.6 Å². The second-order valence-corrected chi connectivity index (χ2v) is 6.71. The average Bonchev–Trinajstić information content (AvgIpc) is 2.52. The molecule has 1 aliphatic rings. The Morgan fingerprint density at radius 3 is 2.50 bits per heavy atom. The molecule has 6 nitrogen and oxygen atoms in total. The zero-order valence-electron chi connectivity index (χ0n) is 14.5. The molecule has 1 heterocycles. The smallest absolute Gasteiger partial charge is 0.253 e. The van der Waals surface area contributed by atoms with Gasteiger partial charge in [0.25, 0.3) is 5.91 Å². The van der Waals surface area contributed by atoms with E-state index in [4.69, 9.17) is 16.3 Å². The fourth-order valence-corrected chi connectivity index (χ4v) is 2.90. The van der Waals surface area contributed by atoms with Crippen LogP contribution in [0.25, 0.3) is 0 Å². The highest BCUT2D eigenvalue weighted by atomic mass is 35.5. The summed E-state index contributed by atoms with van der Waals surface area (Å²) < 4.78 is 5.64. The molecule has 132 valence electrons. The first-order valence-corrected chi connectivity index (χ1v) is 8.34. The van der Waals surface area contributed by atoms with Crippen LogP contribution in [0.4, 0.5) is 5.69 Å². The number of rotatable bonds is 4. The summed E-state index contributed by atoms with van der Waals surface area (Å²) in [5, 5.41) is 3.51. The van der Waals surface area contributed by atoms with Gasteiger partial charge in [0.05, 0.1) is 29.5 Å². The Balaban J connectivity index is 2.02. The van der Waals surface area contributed by atoms with Crippen molar-refractivity contribution in [1.82, 2.24) is 9.80 Å². The van der Waals surface area contributed by atoms with Crippen LogP contribution >= 0.6 is 11.6 Å². The Hall–Kier alpha value is -1.79. The molecule has 0 aliphatic carbocycles. The molecule has 0 bridgehead atoms. The van der Waals surface area contributed by atoms with E-state index in [9.17, 15) is 9.59 Å². The van der Waals surface area contributed by atoms with E-state index in [0.29, 0.717) is 29.4 Å². The molecule has 1 aliphatic heterocycles. The molecule has 0 aromatic heterocycles. The van der Waals surface area contributed by atoms with Gasteiger partial charge in [0, 0.05) is 32.7 Å². The number of halogens is 1. The van der Waals surface area contributed by atoms with Crippen molar-refractivity contribution in [2.45, 2.75) is 26.1 Å². The van der Waals surface area contributed by atoms with Crippen molar-refractivity contribution in [1.29, 1.82) is 0 Å². The van der Waals surface area contributed by atoms with Gasteiger partial charge < -0.3 is 19.9 Å². The molecule has 2 unspecified atom stereocenters. The van der Waals surface area contributed by atoms with Crippen molar-refractivity contribution in [3.63, 3.8) is 0 Å². The van der Waals surface area contributed by atoms with Crippen LogP contribution in [-0.2, 0) is 9.53 Å². The zero-order valence-corrected chi connectivity index (χ0v) is 15.3. The summed E-state index contributed by atoms with van der Waals surface area (Å²) in [5.41, 5.74) is 1.10. The van der Waals surface area contributed by atoms with Crippen molar-refractivity contribution < 1.29 is 14.3 Å². The van der Waals surface area contributed by atoms with Crippen LogP contribution in [0.3, 0.4) is 0 Å². The summed E-state index contributed by atoms with van der Waals surface area (Å²) in [7, 11) is 3.38. The summed E-state index contributed by atoms with van der Waals surface area (Å²) in [4.78, 5) is 27.7. The first-order valence-electron chi connectivity index (χ1n) is 7.96. The number of anilines is 1. The molecule has 1 N–H and O–H groups in total. The third-order valence-electron chi connectivity index (χ3n) is 3.82. The Morgan fingerprint density at radius 1 is 1.29 bits per heavy atom. The Kier molecular flexibility index (Phi) is 6.07. The van der Waals surface area contributed by atoms with Gasteiger partial charge in [-0.3, -0.25) is 9.59 Å². The zero-order chi connectivity index (χ0) is 17.9. The molecular formula is C17H24ClN3O3. The highest BCUT2D eigenvalue weighted by Gasteiger charge is 2.25. The van der Waals surface area contributed by atoms with Gasteiger partial charge in [0.2, 0.25) is 5.91 Å². The third kappa shape index (κ3) is 4.61. The maximum atomic E-state index is 12.4. The van der Waals surface area contributed by atoms with E-state index in [1.165, 1.54) is 4.90 Å². The Bertz CT molecular complexity index is 611. The molecule has 1 aromatic carbocycles. The summed E-state index contributed by atoms with van der Waals surface area (Å²) in [5.74, 6) is -0.130. The summed E-state index contributed by atoms with van der Waals surface area (Å²) in [6.45, 7) is 5.20. The monoisotopic (exact) mass is 353 g/mol. The number of hydrogen-bond donors (Lipinski definition) is 1. The molecule has 2 amide bonds. The predicted octanol–water partition coefficient (Wildman–Crippen LogP) is 2.09.